The van der Waals surface area contributed by atoms with Crippen molar-refractivity contribution >= 4 is 29.9 Å². The van der Waals surface area contributed by atoms with Crippen molar-refractivity contribution in [2.45, 2.75) is 38.6 Å². The molecule has 0 saturated carbocycles. The van der Waals surface area contributed by atoms with E-state index in [1.54, 1.807) is 7.05 Å². The predicted molar refractivity (Wildman–Crippen MR) is 114 cm³/mol. The van der Waals surface area contributed by atoms with Gasteiger partial charge in [0.15, 0.2) is 5.96 Å². The summed E-state index contributed by atoms with van der Waals surface area (Å²) < 4.78 is 0. The SMILES string of the molecule is CN=C(NCCCN1CCCCCC1)NCc1ccc(C#N)cc1.I. The van der Waals surface area contributed by atoms with Crippen molar-refractivity contribution in [1.29, 1.82) is 5.26 Å². The van der Waals surface area contributed by atoms with E-state index in [0.29, 0.717) is 12.1 Å². The predicted octanol–water partition coefficient (Wildman–Crippen LogP) is 3.11. The molecule has 5 nitrogen and oxygen atoms in total. The summed E-state index contributed by atoms with van der Waals surface area (Å²) in [6, 6.07) is 9.76. The second-order valence-electron chi connectivity index (χ2n) is 6.27. The number of rotatable bonds is 6. The van der Waals surface area contributed by atoms with E-state index in [9.17, 15) is 0 Å². The third-order valence-electron chi connectivity index (χ3n) is 4.41. The number of hydrogen-bond acceptors (Lipinski definition) is 3. The molecule has 138 valence electrons. The number of nitrogens with one attached hydrogen (secondary N) is 2. The minimum atomic E-state index is 0. The van der Waals surface area contributed by atoms with Gasteiger partial charge in [-0.3, -0.25) is 4.99 Å². The summed E-state index contributed by atoms with van der Waals surface area (Å²) in [6.45, 7) is 5.32. The fraction of sp³-hybridized carbons (Fsp3) is 0.579. The van der Waals surface area contributed by atoms with Crippen LogP contribution in [0.5, 0.6) is 0 Å². The molecule has 1 aliphatic rings. The summed E-state index contributed by atoms with van der Waals surface area (Å²) in [5.41, 5.74) is 1.83. The Hall–Kier alpha value is -1.33. The summed E-state index contributed by atoms with van der Waals surface area (Å²) in [7, 11) is 1.79. The third kappa shape index (κ3) is 8.54. The standard InChI is InChI=1S/C19H29N5.HI/c1-21-19(23-16-18-9-7-17(15-20)8-10-18)22-11-6-14-24-12-4-2-3-5-13-24;/h7-10H,2-6,11-14,16H2,1H3,(H2,21,22,23);1H. The molecular formula is C19H30IN5. The van der Waals surface area contributed by atoms with E-state index >= 15 is 0 Å². The van der Waals surface area contributed by atoms with Gasteiger partial charge >= 0.3 is 0 Å². The van der Waals surface area contributed by atoms with Crippen LogP contribution in [0.25, 0.3) is 0 Å². The zero-order valence-electron chi connectivity index (χ0n) is 15.1. The Morgan fingerprint density at radius 2 is 1.80 bits per heavy atom. The Morgan fingerprint density at radius 3 is 2.40 bits per heavy atom. The van der Waals surface area contributed by atoms with Gasteiger partial charge in [0.1, 0.15) is 0 Å². The van der Waals surface area contributed by atoms with Crippen LogP contribution in [-0.4, -0.2) is 44.1 Å². The van der Waals surface area contributed by atoms with E-state index in [4.69, 9.17) is 5.26 Å². The van der Waals surface area contributed by atoms with Crippen LogP contribution in [0.4, 0.5) is 0 Å². The quantitative estimate of drug-likeness (QED) is 0.300. The molecule has 1 aliphatic heterocycles. The Balaban J connectivity index is 0.00000312. The summed E-state index contributed by atoms with van der Waals surface area (Å²) in [5, 5.41) is 15.5. The van der Waals surface area contributed by atoms with Gasteiger partial charge in [0.25, 0.3) is 0 Å². The van der Waals surface area contributed by atoms with Gasteiger partial charge in [-0.25, -0.2) is 0 Å². The molecule has 1 aromatic rings. The zero-order valence-corrected chi connectivity index (χ0v) is 17.5. The first-order valence-electron chi connectivity index (χ1n) is 8.98. The maximum Gasteiger partial charge on any atom is 0.191 e. The number of nitriles is 1. The maximum atomic E-state index is 8.82. The van der Waals surface area contributed by atoms with Crippen molar-refractivity contribution < 1.29 is 0 Å². The van der Waals surface area contributed by atoms with E-state index in [2.05, 4.69) is 26.6 Å². The van der Waals surface area contributed by atoms with E-state index in [1.165, 1.54) is 45.3 Å². The highest BCUT2D eigenvalue weighted by Crippen LogP contribution is 2.09. The largest absolute Gasteiger partial charge is 0.356 e. The fourth-order valence-electron chi connectivity index (χ4n) is 2.97. The lowest BCUT2D eigenvalue weighted by molar-refractivity contribution is 0.282. The lowest BCUT2D eigenvalue weighted by Crippen LogP contribution is -2.38. The molecule has 0 radical (unpaired) electrons. The van der Waals surface area contributed by atoms with E-state index in [0.717, 1.165) is 24.5 Å². The average Bonchev–Trinajstić information content (AvgIpc) is 2.90. The molecule has 1 saturated heterocycles. The molecule has 0 atom stereocenters. The van der Waals surface area contributed by atoms with Crippen molar-refractivity contribution in [2.24, 2.45) is 4.99 Å². The van der Waals surface area contributed by atoms with Gasteiger partial charge < -0.3 is 15.5 Å². The zero-order chi connectivity index (χ0) is 17.0. The first-order chi connectivity index (χ1) is 11.8. The molecule has 6 heteroatoms. The minimum absolute atomic E-state index is 0. The number of benzene rings is 1. The number of aliphatic imine (C=N–C) groups is 1. The van der Waals surface area contributed by atoms with Crippen molar-refractivity contribution in [2.75, 3.05) is 33.2 Å². The number of nitrogens with zero attached hydrogens (tertiary/aromatic N) is 3. The molecule has 0 aromatic heterocycles. The molecule has 2 rings (SSSR count). The van der Waals surface area contributed by atoms with Gasteiger partial charge in [-0.15, -0.1) is 24.0 Å². The summed E-state index contributed by atoms with van der Waals surface area (Å²) in [4.78, 5) is 6.85. The number of guanidine groups is 1. The minimum Gasteiger partial charge on any atom is -0.356 e. The van der Waals surface area contributed by atoms with Gasteiger partial charge in [0.2, 0.25) is 0 Å². The Kier molecular flexibility index (Phi) is 11.2. The molecule has 1 heterocycles. The van der Waals surface area contributed by atoms with Crippen LogP contribution < -0.4 is 10.6 Å². The first kappa shape index (κ1) is 21.7. The Labute approximate surface area is 168 Å². The normalized spacial score (nSPS) is 15.6. The third-order valence-corrected chi connectivity index (χ3v) is 4.41. The van der Waals surface area contributed by atoms with E-state index < -0.39 is 0 Å². The number of likely N-dealkylation sites (tertiary alicyclic amines) is 1. The van der Waals surface area contributed by atoms with Crippen LogP contribution in [0.2, 0.25) is 0 Å². The van der Waals surface area contributed by atoms with Crippen molar-refractivity contribution in [3.63, 3.8) is 0 Å². The van der Waals surface area contributed by atoms with Crippen LogP contribution in [0.15, 0.2) is 29.3 Å². The molecule has 0 spiro atoms. The van der Waals surface area contributed by atoms with Gasteiger partial charge in [-0.1, -0.05) is 25.0 Å². The molecule has 0 aliphatic carbocycles. The number of hydrogen-bond donors (Lipinski definition) is 2. The second kappa shape index (κ2) is 13.0. The van der Waals surface area contributed by atoms with Crippen LogP contribution >= 0.6 is 24.0 Å². The Bertz CT molecular complexity index is 542. The van der Waals surface area contributed by atoms with Crippen molar-refractivity contribution in [3.8, 4) is 6.07 Å². The smallest absolute Gasteiger partial charge is 0.191 e. The molecule has 1 aromatic carbocycles. The highest BCUT2D eigenvalue weighted by Gasteiger charge is 2.08. The van der Waals surface area contributed by atoms with Crippen LogP contribution in [0, 0.1) is 11.3 Å². The number of halogens is 1. The van der Waals surface area contributed by atoms with Crippen molar-refractivity contribution in [1.82, 2.24) is 15.5 Å². The van der Waals surface area contributed by atoms with Crippen molar-refractivity contribution in [3.05, 3.63) is 35.4 Å². The monoisotopic (exact) mass is 455 g/mol. The first-order valence-corrected chi connectivity index (χ1v) is 8.98. The second-order valence-corrected chi connectivity index (χ2v) is 6.27. The highest BCUT2D eigenvalue weighted by molar-refractivity contribution is 14.0. The molecule has 0 unspecified atom stereocenters. The lowest BCUT2D eigenvalue weighted by atomic mass is 10.1. The topological polar surface area (TPSA) is 63.5 Å². The van der Waals surface area contributed by atoms with E-state index in [1.807, 2.05) is 24.3 Å². The van der Waals surface area contributed by atoms with Gasteiger partial charge in [0.05, 0.1) is 11.6 Å². The molecular weight excluding hydrogens is 425 g/mol. The van der Waals surface area contributed by atoms with E-state index in [-0.39, 0.29) is 24.0 Å². The maximum absolute atomic E-state index is 8.82. The Morgan fingerprint density at radius 1 is 1.12 bits per heavy atom. The molecule has 0 bridgehead atoms. The molecule has 0 amide bonds. The molecule has 2 N–H and O–H groups in total. The summed E-state index contributed by atoms with van der Waals surface area (Å²) in [5.74, 6) is 0.829. The average molecular weight is 455 g/mol. The molecule has 25 heavy (non-hydrogen) atoms. The van der Waals surface area contributed by atoms with Gasteiger partial charge in [-0.05, 0) is 56.6 Å². The molecule has 1 fully saturated rings. The highest BCUT2D eigenvalue weighted by atomic mass is 127. The lowest BCUT2D eigenvalue weighted by Gasteiger charge is -2.20. The van der Waals surface area contributed by atoms with Crippen LogP contribution in [0.1, 0.15) is 43.2 Å². The van der Waals surface area contributed by atoms with Crippen LogP contribution in [0.3, 0.4) is 0 Å². The van der Waals surface area contributed by atoms with Gasteiger partial charge in [0, 0.05) is 20.1 Å². The van der Waals surface area contributed by atoms with Crippen LogP contribution in [-0.2, 0) is 6.54 Å². The summed E-state index contributed by atoms with van der Waals surface area (Å²) >= 11 is 0. The van der Waals surface area contributed by atoms with Gasteiger partial charge in [-0.2, -0.15) is 5.26 Å². The fourth-order valence-corrected chi connectivity index (χ4v) is 2.97. The summed E-state index contributed by atoms with van der Waals surface area (Å²) in [6.07, 6.45) is 6.61.